The molecule has 108 valence electrons. The molecule has 0 N–H and O–H groups in total. The minimum Gasteiger partial charge on any atom is -0.255 e. The first-order valence-electron chi connectivity index (χ1n) is 7.48. The fourth-order valence-electron chi connectivity index (χ4n) is 2.39. The zero-order valence-electron chi connectivity index (χ0n) is 13.7. The maximum absolute atomic E-state index is 4.67. The normalized spacial score (nSPS) is 15.8. The minimum absolute atomic E-state index is 0.173. The van der Waals surface area contributed by atoms with E-state index in [1.54, 1.807) is 5.57 Å². The number of nitrogens with zero attached hydrogens (tertiary/aromatic N) is 2. The van der Waals surface area contributed by atoms with Gasteiger partial charge < -0.3 is 0 Å². The molecule has 20 heavy (non-hydrogen) atoms. The largest absolute Gasteiger partial charge is 0.255 e. The Labute approximate surface area is 123 Å². The standard InChI is InChI=1S/C18H26N2/c1-12-11-19-17(14(3)20-12)16(10-9-15-7-8-15)13(2)18(4,5)6/h7,11H,8-10H2,1-6H3/b16-13+. The van der Waals surface area contributed by atoms with Gasteiger partial charge in [-0.2, -0.15) is 0 Å². The van der Waals surface area contributed by atoms with Gasteiger partial charge in [-0.15, -0.1) is 0 Å². The van der Waals surface area contributed by atoms with Gasteiger partial charge in [0, 0.05) is 6.20 Å². The Morgan fingerprint density at radius 1 is 1.25 bits per heavy atom. The first kappa shape index (κ1) is 15.0. The van der Waals surface area contributed by atoms with Gasteiger partial charge in [0.15, 0.2) is 0 Å². The first-order chi connectivity index (χ1) is 9.29. The maximum atomic E-state index is 4.67. The third kappa shape index (κ3) is 3.56. The molecular formula is C18H26N2. The lowest BCUT2D eigenvalue weighted by Gasteiger charge is -2.24. The average molecular weight is 270 g/mol. The first-order valence-corrected chi connectivity index (χ1v) is 7.48. The molecule has 0 saturated heterocycles. The van der Waals surface area contributed by atoms with Gasteiger partial charge in [-0.3, -0.25) is 9.97 Å². The quantitative estimate of drug-likeness (QED) is 0.718. The minimum atomic E-state index is 0.173. The lowest BCUT2D eigenvalue weighted by Crippen LogP contribution is -2.11. The van der Waals surface area contributed by atoms with Crippen molar-refractivity contribution < 1.29 is 0 Å². The Hall–Kier alpha value is -1.44. The second kappa shape index (κ2) is 5.51. The molecule has 0 atom stereocenters. The highest BCUT2D eigenvalue weighted by Gasteiger charge is 2.21. The zero-order valence-corrected chi connectivity index (χ0v) is 13.7. The summed E-state index contributed by atoms with van der Waals surface area (Å²) >= 11 is 0. The van der Waals surface area contributed by atoms with Crippen LogP contribution in [0.3, 0.4) is 0 Å². The third-order valence-corrected chi connectivity index (χ3v) is 4.12. The van der Waals surface area contributed by atoms with Crippen LogP contribution in [0, 0.1) is 19.3 Å². The fourth-order valence-corrected chi connectivity index (χ4v) is 2.39. The smallest absolute Gasteiger partial charge is 0.0874 e. The highest BCUT2D eigenvalue weighted by molar-refractivity contribution is 5.68. The summed E-state index contributed by atoms with van der Waals surface area (Å²) in [4.78, 5) is 9.26. The summed E-state index contributed by atoms with van der Waals surface area (Å²) in [5, 5.41) is 0. The summed E-state index contributed by atoms with van der Waals surface area (Å²) in [5.74, 6) is 0. The number of aromatic nitrogens is 2. The Bertz CT molecular complexity index is 572. The van der Waals surface area contributed by atoms with Crippen LogP contribution in [0.1, 0.15) is 64.0 Å². The van der Waals surface area contributed by atoms with E-state index in [4.69, 9.17) is 0 Å². The molecule has 1 aliphatic rings. The highest BCUT2D eigenvalue weighted by atomic mass is 14.8. The predicted octanol–water partition coefficient (Wildman–Crippen LogP) is 5.02. The molecule has 0 aliphatic heterocycles. The van der Waals surface area contributed by atoms with Gasteiger partial charge in [-0.05, 0) is 51.0 Å². The van der Waals surface area contributed by atoms with Crippen LogP contribution in [0.25, 0.3) is 5.57 Å². The molecule has 1 aromatic heterocycles. The summed E-state index contributed by atoms with van der Waals surface area (Å²) in [6, 6.07) is 0. The highest BCUT2D eigenvalue weighted by Crippen LogP contribution is 2.37. The van der Waals surface area contributed by atoms with Gasteiger partial charge >= 0.3 is 0 Å². The van der Waals surface area contributed by atoms with Crippen molar-refractivity contribution in [1.82, 2.24) is 9.97 Å². The van der Waals surface area contributed by atoms with Crippen molar-refractivity contribution in [1.29, 1.82) is 0 Å². The van der Waals surface area contributed by atoms with Crippen molar-refractivity contribution in [2.75, 3.05) is 0 Å². The Balaban J connectivity index is 2.41. The van der Waals surface area contributed by atoms with E-state index in [2.05, 4.69) is 50.7 Å². The molecular weight excluding hydrogens is 244 g/mol. The van der Waals surface area contributed by atoms with Gasteiger partial charge in [-0.25, -0.2) is 0 Å². The predicted molar refractivity (Wildman–Crippen MR) is 85.5 cm³/mol. The zero-order chi connectivity index (χ0) is 14.9. The van der Waals surface area contributed by atoms with Gasteiger partial charge in [0.05, 0.1) is 17.1 Å². The molecule has 2 rings (SSSR count). The van der Waals surface area contributed by atoms with Crippen molar-refractivity contribution in [2.24, 2.45) is 5.41 Å². The number of hydrogen-bond acceptors (Lipinski definition) is 2. The Kier molecular flexibility index (Phi) is 4.12. The SMILES string of the molecule is C/C(=C(/CCC1=CC1)c1ncc(C)nc1C)C(C)(C)C. The van der Waals surface area contributed by atoms with Crippen molar-refractivity contribution in [3.05, 3.63) is 40.5 Å². The summed E-state index contributed by atoms with van der Waals surface area (Å²) in [6.45, 7) is 13.1. The van der Waals surface area contributed by atoms with Gasteiger partial charge in [-0.1, -0.05) is 38.0 Å². The van der Waals surface area contributed by atoms with Crippen LogP contribution in [-0.2, 0) is 0 Å². The molecule has 0 saturated carbocycles. The molecule has 1 aliphatic carbocycles. The van der Waals surface area contributed by atoms with Crippen LogP contribution in [0.15, 0.2) is 23.4 Å². The molecule has 2 nitrogen and oxygen atoms in total. The number of aryl methyl sites for hydroxylation is 2. The van der Waals surface area contributed by atoms with E-state index in [1.807, 2.05) is 13.1 Å². The van der Waals surface area contributed by atoms with Gasteiger partial charge in [0.1, 0.15) is 0 Å². The van der Waals surface area contributed by atoms with E-state index in [0.29, 0.717) is 0 Å². The van der Waals surface area contributed by atoms with Crippen molar-refractivity contribution >= 4 is 5.57 Å². The second-order valence-corrected chi connectivity index (χ2v) is 6.87. The van der Waals surface area contributed by atoms with Crippen LogP contribution in [0.2, 0.25) is 0 Å². The summed E-state index contributed by atoms with van der Waals surface area (Å²) < 4.78 is 0. The van der Waals surface area contributed by atoms with Crippen LogP contribution in [-0.4, -0.2) is 9.97 Å². The van der Waals surface area contributed by atoms with Gasteiger partial charge in [0.25, 0.3) is 0 Å². The van der Waals surface area contributed by atoms with E-state index in [-0.39, 0.29) is 5.41 Å². The van der Waals surface area contributed by atoms with Crippen molar-refractivity contribution in [2.45, 2.75) is 60.8 Å². The molecule has 0 unspecified atom stereocenters. The number of allylic oxidation sites excluding steroid dienone is 4. The second-order valence-electron chi connectivity index (χ2n) is 6.87. The topological polar surface area (TPSA) is 25.8 Å². The third-order valence-electron chi connectivity index (χ3n) is 4.12. The lowest BCUT2D eigenvalue weighted by atomic mass is 9.82. The summed E-state index contributed by atoms with van der Waals surface area (Å²) in [5.41, 5.74) is 7.70. The van der Waals surface area contributed by atoms with E-state index >= 15 is 0 Å². The van der Waals surface area contributed by atoms with Crippen LogP contribution < -0.4 is 0 Å². The summed E-state index contributed by atoms with van der Waals surface area (Å²) in [7, 11) is 0. The number of rotatable bonds is 4. The Morgan fingerprint density at radius 3 is 2.40 bits per heavy atom. The average Bonchev–Trinajstić information content (AvgIpc) is 3.14. The monoisotopic (exact) mass is 270 g/mol. The van der Waals surface area contributed by atoms with Crippen LogP contribution in [0.5, 0.6) is 0 Å². The van der Waals surface area contributed by atoms with Crippen molar-refractivity contribution in [3.63, 3.8) is 0 Å². The lowest BCUT2D eigenvalue weighted by molar-refractivity contribution is 0.504. The molecule has 2 heteroatoms. The van der Waals surface area contributed by atoms with E-state index in [0.717, 1.165) is 29.9 Å². The molecule has 0 fully saturated rings. The van der Waals surface area contributed by atoms with Crippen LogP contribution in [0.4, 0.5) is 0 Å². The van der Waals surface area contributed by atoms with E-state index in [9.17, 15) is 0 Å². The molecule has 0 bridgehead atoms. The van der Waals surface area contributed by atoms with E-state index in [1.165, 1.54) is 17.6 Å². The summed E-state index contributed by atoms with van der Waals surface area (Å²) in [6.07, 6.45) is 7.65. The molecule has 0 amide bonds. The molecule has 1 aromatic rings. The van der Waals surface area contributed by atoms with Gasteiger partial charge in [0.2, 0.25) is 0 Å². The van der Waals surface area contributed by atoms with Crippen LogP contribution >= 0.6 is 0 Å². The Morgan fingerprint density at radius 2 is 1.90 bits per heavy atom. The molecule has 0 radical (unpaired) electrons. The molecule has 0 spiro atoms. The molecule has 0 aromatic carbocycles. The number of hydrogen-bond donors (Lipinski definition) is 0. The fraction of sp³-hybridized carbons (Fsp3) is 0.556. The van der Waals surface area contributed by atoms with E-state index < -0.39 is 0 Å². The molecule has 1 heterocycles. The maximum Gasteiger partial charge on any atom is 0.0874 e. The van der Waals surface area contributed by atoms with Crippen molar-refractivity contribution in [3.8, 4) is 0 Å².